The number of pyridine rings is 1. The fourth-order valence-corrected chi connectivity index (χ4v) is 3.89. The topological polar surface area (TPSA) is 165 Å². The number of rotatable bonds is 10. The maximum atomic E-state index is 13.6. The molecule has 0 bridgehead atoms. The number of benzene rings is 2. The summed E-state index contributed by atoms with van der Waals surface area (Å²) in [5.41, 5.74) is 8.59. The zero-order chi connectivity index (χ0) is 31.3. The van der Waals surface area contributed by atoms with E-state index in [1.54, 1.807) is 56.3 Å². The van der Waals surface area contributed by atoms with E-state index < -0.39 is 30.9 Å². The fraction of sp³-hybridized carbons (Fsp3) is 0.241. The lowest BCUT2D eigenvalue weighted by molar-refractivity contribution is -0.136. The third-order valence-corrected chi connectivity index (χ3v) is 5.87. The van der Waals surface area contributed by atoms with Gasteiger partial charge in [-0.15, -0.1) is 0 Å². The second kappa shape index (κ2) is 12.7. The van der Waals surface area contributed by atoms with Gasteiger partial charge in [-0.2, -0.15) is 4.99 Å². The highest BCUT2D eigenvalue weighted by Crippen LogP contribution is 2.21. The Kier molecular flexibility index (Phi) is 8.07. The van der Waals surface area contributed by atoms with E-state index in [0.29, 0.717) is 23.4 Å². The van der Waals surface area contributed by atoms with E-state index in [1.165, 1.54) is 24.4 Å². The van der Waals surface area contributed by atoms with Crippen molar-refractivity contribution in [1.82, 2.24) is 14.5 Å². The number of aromatic nitrogens is 3. The van der Waals surface area contributed by atoms with Crippen molar-refractivity contribution in [3.05, 3.63) is 83.8 Å². The summed E-state index contributed by atoms with van der Waals surface area (Å²) in [5, 5.41) is 12.5. The number of nitrogens with zero attached hydrogens (tertiary/aromatic N) is 5. The lowest BCUT2D eigenvalue weighted by Crippen LogP contribution is -2.33. The SMILES string of the molecule is [2H]C([2H])(CC(=O)O)N(C(=O)c1ccc2c(c1)nc(CNc1ccc(/C(N)=N/C(=O)OC(C)C)cc1)n2C)c1ccccn1. The Hall–Kier alpha value is -5.26. The first kappa shape index (κ1) is 26.0. The summed E-state index contributed by atoms with van der Waals surface area (Å²) in [6.07, 6.45) is -0.596. The summed E-state index contributed by atoms with van der Waals surface area (Å²) in [6.45, 7) is 1.22. The minimum atomic E-state index is -2.55. The van der Waals surface area contributed by atoms with Gasteiger partial charge in [-0.25, -0.2) is 14.8 Å². The van der Waals surface area contributed by atoms with Crippen LogP contribution in [0.2, 0.25) is 0 Å². The highest BCUT2D eigenvalue weighted by atomic mass is 16.6. The minimum absolute atomic E-state index is 0.0145. The predicted octanol–water partition coefficient (Wildman–Crippen LogP) is 3.95. The summed E-state index contributed by atoms with van der Waals surface area (Å²) in [4.78, 5) is 49.9. The maximum Gasteiger partial charge on any atom is 0.435 e. The van der Waals surface area contributed by atoms with Crippen LogP contribution in [-0.4, -0.2) is 56.0 Å². The van der Waals surface area contributed by atoms with Crippen molar-refractivity contribution in [3.63, 3.8) is 0 Å². The van der Waals surface area contributed by atoms with E-state index in [4.69, 9.17) is 13.2 Å². The molecule has 0 aliphatic rings. The summed E-state index contributed by atoms with van der Waals surface area (Å²) >= 11 is 0. The quantitative estimate of drug-likeness (QED) is 0.193. The number of aliphatic carboxylic acids is 1. The molecule has 2 aromatic heterocycles. The van der Waals surface area contributed by atoms with Crippen LogP contribution < -0.4 is 16.0 Å². The Labute approximate surface area is 239 Å². The van der Waals surface area contributed by atoms with Crippen molar-refractivity contribution in [2.45, 2.75) is 32.9 Å². The van der Waals surface area contributed by atoms with E-state index in [2.05, 4.69) is 20.3 Å². The van der Waals surface area contributed by atoms with Gasteiger partial charge in [0.25, 0.3) is 5.91 Å². The second-order valence-corrected chi connectivity index (χ2v) is 9.21. The number of nitrogens with one attached hydrogen (secondary N) is 1. The molecule has 4 rings (SSSR count). The number of imidazole rings is 1. The average molecular weight is 560 g/mol. The highest BCUT2D eigenvalue weighted by molar-refractivity contribution is 6.07. The molecule has 0 aliphatic heterocycles. The van der Waals surface area contributed by atoms with Crippen LogP contribution in [0.5, 0.6) is 0 Å². The van der Waals surface area contributed by atoms with Gasteiger partial charge in [0.2, 0.25) is 0 Å². The van der Waals surface area contributed by atoms with Crippen LogP contribution in [0.3, 0.4) is 0 Å². The first-order valence-corrected chi connectivity index (χ1v) is 12.7. The zero-order valence-corrected chi connectivity index (χ0v) is 22.7. The van der Waals surface area contributed by atoms with E-state index in [1.807, 2.05) is 11.6 Å². The predicted molar refractivity (Wildman–Crippen MR) is 155 cm³/mol. The van der Waals surface area contributed by atoms with E-state index in [9.17, 15) is 19.5 Å². The zero-order valence-electron chi connectivity index (χ0n) is 24.7. The van der Waals surface area contributed by atoms with Gasteiger partial charge in [-0.05, 0) is 68.4 Å². The number of fused-ring (bicyclic) bond motifs is 1. The van der Waals surface area contributed by atoms with Crippen LogP contribution in [-0.2, 0) is 23.1 Å². The van der Waals surface area contributed by atoms with E-state index >= 15 is 0 Å². The number of carboxylic acid groups (broad SMARTS) is 1. The molecule has 2 aromatic carbocycles. The minimum Gasteiger partial charge on any atom is -0.481 e. The van der Waals surface area contributed by atoms with Crippen LogP contribution in [0.25, 0.3) is 11.0 Å². The molecule has 4 aromatic rings. The summed E-state index contributed by atoms with van der Waals surface area (Å²) < 4.78 is 23.5. The van der Waals surface area contributed by atoms with Gasteiger partial charge in [0.15, 0.2) is 0 Å². The summed E-state index contributed by atoms with van der Waals surface area (Å²) in [6, 6.07) is 16.4. The molecule has 212 valence electrons. The molecule has 12 heteroatoms. The molecule has 41 heavy (non-hydrogen) atoms. The Bertz CT molecular complexity index is 1670. The summed E-state index contributed by atoms with van der Waals surface area (Å²) in [5.74, 6) is -1.47. The number of amidine groups is 1. The third kappa shape index (κ3) is 7.24. The number of hydrogen-bond donors (Lipinski definition) is 3. The van der Waals surface area contributed by atoms with Crippen molar-refractivity contribution in [2.75, 3.05) is 16.7 Å². The van der Waals surface area contributed by atoms with Crippen molar-refractivity contribution in [1.29, 1.82) is 0 Å². The van der Waals surface area contributed by atoms with Gasteiger partial charge in [-0.3, -0.25) is 14.5 Å². The maximum absolute atomic E-state index is 13.6. The Morgan fingerprint density at radius 3 is 2.54 bits per heavy atom. The van der Waals surface area contributed by atoms with E-state index in [0.717, 1.165) is 16.1 Å². The van der Waals surface area contributed by atoms with Gasteiger partial charge in [0, 0.05) is 36.6 Å². The Balaban J connectivity index is 1.53. The third-order valence-electron chi connectivity index (χ3n) is 5.87. The molecule has 0 aliphatic carbocycles. The Morgan fingerprint density at radius 2 is 1.88 bits per heavy atom. The number of aliphatic imine (C=N–C) groups is 1. The number of hydrogen-bond acceptors (Lipinski definition) is 7. The summed E-state index contributed by atoms with van der Waals surface area (Å²) in [7, 11) is 1.83. The van der Waals surface area contributed by atoms with Gasteiger partial charge >= 0.3 is 12.1 Å². The molecule has 12 nitrogen and oxygen atoms in total. The molecule has 0 unspecified atom stereocenters. The average Bonchev–Trinajstić information content (AvgIpc) is 3.25. The number of nitrogens with two attached hydrogens (primary N) is 1. The standard InChI is InChI=1S/C29H31N7O5/c1-18(2)41-29(40)34-27(30)19-7-10-21(11-8-19)32-17-25-33-22-16-20(9-12-23(22)35(25)3)28(39)36(15-13-26(37)38)24-6-4-5-14-31-24/h4-12,14,16,18,32H,13,15,17H2,1-3H3,(H,37,38)(H2,30,34,40)/i15D2. The molecule has 2 heterocycles. The number of carbonyl (C=O) groups excluding carboxylic acids is 2. The Morgan fingerprint density at radius 1 is 1.15 bits per heavy atom. The largest absolute Gasteiger partial charge is 0.481 e. The normalized spacial score (nSPS) is 12.5. The fourth-order valence-electron chi connectivity index (χ4n) is 3.89. The van der Waals surface area contributed by atoms with Gasteiger partial charge in [0.1, 0.15) is 17.5 Å². The molecule has 0 saturated heterocycles. The highest BCUT2D eigenvalue weighted by Gasteiger charge is 2.21. The van der Waals surface area contributed by atoms with Crippen molar-refractivity contribution >= 4 is 46.3 Å². The van der Waals surface area contributed by atoms with Crippen molar-refractivity contribution < 1.29 is 27.0 Å². The van der Waals surface area contributed by atoms with Crippen LogP contribution in [0, 0.1) is 0 Å². The first-order chi connectivity index (χ1) is 20.4. The van der Waals surface area contributed by atoms with Crippen LogP contribution in [0.15, 0.2) is 71.9 Å². The number of amides is 2. The lowest BCUT2D eigenvalue weighted by atomic mass is 10.1. The number of carbonyl (C=O) groups is 3. The number of anilines is 2. The van der Waals surface area contributed by atoms with Gasteiger partial charge < -0.3 is 25.5 Å². The van der Waals surface area contributed by atoms with Crippen molar-refractivity contribution in [3.8, 4) is 0 Å². The molecule has 2 amide bonds. The van der Waals surface area contributed by atoms with Crippen molar-refractivity contribution in [2.24, 2.45) is 17.8 Å². The number of aryl methyl sites for hydroxylation is 1. The van der Waals surface area contributed by atoms with Crippen LogP contribution >= 0.6 is 0 Å². The molecule has 0 atom stereocenters. The van der Waals surface area contributed by atoms with Crippen LogP contribution in [0.4, 0.5) is 16.3 Å². The molecule has 0 radical (unpaired) electrons. The van der Waals surface area contributed by atoms with Gasteiger partial charge in [0.05, 0.1) is 32.8 Å². The first-order valence-electron chi connectivity index (χ1n) is 13.7. The number of carboxylic acids is 1. The monoisotopic (exact) mass is 559 g/mol. The van der Waals surface area contributed by atoms with E-state index in [-0.39, 0.29) is 23.3 Å². The molecule has 0 saturated carbocycles. The smallest absolute Gasteiger partial charge is 0.435 e. The molecule has 0 spiro atoms. The second-order valence-electron chi connectivity index (χ2n) is 9.21. The van der Waals surface area contributed by atoms with Crippen LogP contribution in [0.1, 0.15) is 44.8 Å². The molecule has 4 N–H and O–H groups in total. The van der Waals surface area contributed by atoms with Gasteiger partial charge in [-0.1, -0.05) is 6.07 Å². The lowest BCUT2D eigenvalue weighted by Gasteiger charge is -2.21. The molecular weight excluding hydrogens is 526 g/mol. The number of ether oxygens (including phenoxy) is 1. The molecular formula is C29H31N7O5. The molecule has 0 fully saturated rings.